The maximum Gasteiger partial charge on any atom is 0.263 e. The predicted molar refractivity (Wildman–Crippen MR) is 94.8 cm³/mol. The molecule has 0 saturated carbocycles. The van der Waals surface area contributed by atoms with Crippen molar-refractivity contribution in [2.75, 3.05) is 0 Å². The number of aromatic nitrogens is 2. The number of rotatable bonds is 4. The summed E-state index contributed by atoms with van der Waals surface area (Å²) in [5.41, 5.74) is 2.44. The Hall–Kier alpha value is -2.73. The van der Waals surface area contributed by atoms with Crippen LogP contribution in [-0.4, -0.2) is 15.5 Å². The average molecular weight is 339 g/mol. The Balaban J connectivity index is 1.82. The van der Waals surface area contributed by atoms with E-state index in [0.29, 0.717) is 22.2 Å². The van der Waals surface area contributed by atoms with Gasteiger partial charge in [0.15, 0.2) is 5.13 Å². The first-order chi connectivity index (χ1) is 11.5. The van der Waals surface area contributed by atoms with Gasteiger partial charge in [-0.1, -0.05) is 47.7 Å². The van der Waals surface area contributed by atoms with Gasteiger partial charge in [0.05, 0.1) is 5.69 Å². The smallest absolute Gasteiger partial charge is 0.263 e. The lowest BCUT2D eigenvalue weighted by Crippen LogP contribution is -2.22. The quantitative estimate of drug-likeness (QED) is 0.795. The first-order valence-corrected chi connectivity index (χ1v) is 8.35. The highest BCUT2D eigenvalue weighted by Gasteiger charge is 2.16. The van der Waals surface area contributed by atoms with Crippen molar-refractivity contribution in [2.45, 2.75) is 20.4 Å². The van der Waals surface area contributed by atoms with Crippen LogP contribution in [-0.2, 0) is 6.54 Å². The number of nitrogens with one attached hydrogen (secondary N) is 1. The highest BCUT2D eigenvalue weighted by Crippen LogP contribution is 2.21. The van der Waals surface area contributed by atoms with Crippen LogP contribution in [0.5, 0.6) is 0 Å². The molecular weight excluding hydrogens is 322 g/mol. The first kappa shape index (κ1) is 16.1. The number of carbonyl (C=O) groups excluding carboxylic acids is 1. The Morgan fingerprint density at radius 1 is 1.17 bits per heavy atom. The van der Waals surface area contributed by atoms with E-state index in [-0.39, 0.29) is 11.5 Å². The van der Waals surface area contributed by atoms with Crippen molar-refractivity contribution in [3.05, 3.63) is 80.7 Å². The number of aryl methyl sites for hydroxylation is 2. The van der Waals surface area contributed by atoms with Crippen LogP contribution in [0, 0.1) is 13.8 Å². The second-order valence-electron chi connectivity index (χ2n) is 5.49. The van der Waals surface area contributed by atoms with Crippen molar-refractivity contribution < 1.29 is 4.79 Å². The molecule has 0 saturated heterocycles. The Kier molecular flexibility index (Phi) is 4.57. The second kappa shape index (κ2) is 6.80. The van der Waals surface area contributed by atoms with Gasteiger partial charge in [-0.2, -0.15) is 0 Å². The molecule has 3 rings (SSSR count). The number of nitrogens with zero attached hydrogens (tertiary/aromatic N) is 2. The zero-order valence-electron chi connectivity index (χ0n) is 13.4. The van der Waals surface area contributed by atoms with Crippen LogP contribution in [0.15, 0.2) is 53.5 Å². The van der Waals surface area contributed by atoms with Gasteiger partial charge in [0.25, 0.3) is 11.5 Å². The monoisotopic (exact) mass is 339 g/mol. The number of amides is 1. The van der Waals surface area contributed by atoms with Crippen LogP contribution < -0.4 is 10.9 Å². The van der Waals surface area contributed by atoms with Gasteiger partial charge in [-0.3, -0.25) is 14.2 Å². The fourth-order valence-corrected chi connectivity index (χ4v) is 3.26. The molecule has 1 N–H and O–H groups in total. The zero-order chi connectivity index (χ0) is 17.1. The molecule has 0 bridgehead atoms. The molecule has 0 aliphatic carbocycles. The lowest BCUT2D eigenvalue weighted by Gasteiger charge is -2.04. The van der Waals surface area contributed by atoms with Gasteiger partial charge in [0, 0.05) is 18.8 Å². The van der Waals surface area contributed by atoms with Gasteiger partial charge in [-0.05, 0) is 25.0 Å². The maximum atomic E-state index is 12.4. The van der Waals surface area contributed by atoms with Crippen LogP contribution in [0.25, 0.3) is 5.13 Å². The van der Waals surface area contributed by atoms with E-state index in [9.17, 15) is 9.59 Å². The lowest BCUT2D eigenvalue weighted by molar-refractivity contribution is 0.0954. The molecule has 6 heteroatoms. The molecule has 5 nitrogen and oxygen atoms in total. The lowest BCUT2D eigenvalue weighted by atomic mass is 10.2. The molecule has 3 aromatic rings. The van der Waals surface area contributed by atoms with Gasteiger partial charge in [-0.25, -0.2) is 4.98 Å². The van der Waals surface area contributed by atoms with Gasteiger partial charge in [0.1, 0.15) is 4.88 Å². The summed E-state index contributed by atoms with van der Waals surface area (Å²) in [4.78, 5) is 29.3. The van der Waals surface area contributed by atoms with E-state index >= 15 is 0 Å². The molecule has 122 valence electrons. The fraction of sp³-hybridized carbons (Fsp3) is 0.167. The van der Waals surface area contributed by atoms with E-state index in [1.165, 1.54) is 22.0 Å². The van der Waals surface area contributed by atoms with E-state index in [0.717, 1.165) is 11.1 Å². The minimum Gasteiger partial charge on any atom is -0.347 e. The number of benzene rings is 1. The molecule has 0 aliphatic rings. The summed E-state index contributed by atoms with van der Waals surface area (Å²) in [5.74, 6) is -0.180. The molecule has 0 atom stereocenters. The SMILES string of the molecule is Cc1ccc(=O)n(-c2nc(C)c(C(=O)NCc3ccccc3)s2)c1. The summed E-state index contributed by atoms with van der Waals surface area (Å²) in [6.45, 7) is 4.14. The van der Waals surface area contributed by atoms with Crippen molar-refractivity contribution in [2.24, 2.45) is 0 Å². The van der Waals surface area contributed by atoms with Crippen LogP contribution in [0.1, 0.15) is 26.5 Å². The molecule has 2 heterocycles. The van der Waals surface area contributed by atoms with Crippen molar-refractivity contribution in [1.82, 2.24) is 14.9 Å². The van der Waals surface area contributed by atoms with Crippen LogP contribution >= 0.6 is 11.3 Å². The number of hydrogen-bond donors (Lipinski definition) is 1. The Labute approximate surface area is 143 Å². The zero-order valence-corrected chi connectivity index (χ0v) is 14.3. The highest BCUT2D eigenvalue weighted by atomic mass is 32.1. The third kappa shape index (κ3) is 3.44. The summed E-state index contributed by atoms with van der Waals surface area (Å²) in [6.07, 6.45) is 1.73. The van der Waals surface area contributed by atoms with Gasteiger partial charge < -0.3 is 5.32 Å². The molecule has 1 aromatic carbocycles. The normalized spacial score (nSPS) is 10.6. The van der Waals surface area contributed by atoms with Gasteiger partial charge in [0.2, 0.25) is 0 Å². The second-order valence-corrected chi connectivity index (χ2v) is 6.47. The van der Waals surface area contributed by atoms with Crippen LogP contribution in [0.4, 0.5) is 0 Å². The van der Waals surface area contributed by atoms with Crippen LogP contribution in [0.2, 0.25) is 0 Å². The van der Waals surface area contributed by atoms with E-state index in [2.05, 4.69) is 10.3 Å². The average Bonchev–Trinajstić information content (AvgIpc) is 2.97. The molecule has 2 aromatic heterocycles. The highest BCUT2D eigenvalue weighted by molar-refractivity contribution is 7.16. The van der Waals surface area contributed by atoms with E-state index in [4.69, 9.17) is 0 Å². The molecule has 0 aliphatic heterocycles. The summed E-state index contributed by atoms with van der Waals surface area (Å²) in [6, 6.07) is 13.0. The molecule has 0 fully saturated rings. The first-order valence-electron chi connectivity index (χ1n) is 7.54. The number of hydrogen-bond acceptors (Lipinski definition) is 4. The largest absolute Gasteiger partial charge is 0.347 e. The Bertz CT molecular complexity index is 929. The van der Waals surface area contributed by atoms with E-state index in [1.54, 1.807) is 19.2 Å². The number of carbonyl (C=O) groups is 1. The van der Waals surface area contributed by atoms with Gasteiger partial charge >= 0.3 is 0 Å². The summed E-state index contributed by atoms with van der Waals surface area (Å²) in [7, 11) is 0. The van der Waals surface area contributed by atoms with Crippen molar-refractivity contribution >= 4 is 17.2 Å². The van der Waals surface area contributed by atoms with Crippen molar-refractivity contribution in [3.8, 4) is 5.13 Å². The molecule has 0 radical (unpaired) electrons. The molecule has 24 heavy (non-hydrogen) atoms. The third-order valence-electron chi connectivity index (χ3n) is 3.55. The fourth-order valence-electron chi connectivity index (χ4n) is 2.30. The standard InChI is InChI=1S/C18H17N3O2S/c1-12-8-9-15(22)21(11-12)18-20-13(2)16(24-18)17(23)19-10-14-6-4-3-5-7-14/h3-9,11H,10H2,1-2H3,(H,19,23). The molecule has 0 unspecified atom stereocenters. The molecule has 0 spiro atoms. The van der Waals surface area contributed by atoms with Crippen molar-refractivity contribution in [3.63, 3.8) is 0 Å². The molecular formula is C18H17N3O2S. The van der Waals surface area contributed by atoms with E-state index in [1.807, 2.05) is 37.3 Å². The number of pyridine rings is 1. The van der Waals surface area contributed by atoms with E-state index < -0.39 is 0 Å². The number of thiazole rings is 1. The third-order valence-corrected chi connectivity index (χ3v) is 4.71. The topological polar surface area (TPSA) is 64.0 Å². The summed E-state index contributed by atoms with van der Waals surface area (Å²) < 4.78 is 1.47. The Morgan fingerprint density at radius 2 is 1.92 bits per heavy atom. The maximum absolute atomic E-state index is 12.4. The predicted octanol–water partition coefficient (Wildman–Crippen LogP) is 2.84. The van der Waals surface area contributed by atoms with Crippen LogP contribution in [0.3, 0.4) is 0 Å². The molecule has 1 amide bonds. The summed E-state index contributed by atoms with van der Waals surface area (Å²) in [5, 5.41) is 3.40. The minimum absolute atomic E-state index is 0.161. The van der Waals surface area contributed by atoms with Crippen molar-refractivity contribution in [1.29, 1.82) is 0 Å². The minimum atomic E-state index is -0.180. The van der Waals surface area contributed by atoms with Gasteiger partial charge in [-0.15, -0.1) is 0 Å². The Morgan fingerprint density at radius 3 is 2.67 bits per heavy atom. The summed E-state index contributed by atoms with van der Waals surface area (Å²) >= 11 is 1.22.